The van der Waals surface area contributed by atoms with Crippen molar-refractivity contribution in [1.82, 2.24) is 4.98 Å². The van der Waals surface area contributed by atoms with Gasteiger partial charge >= 0.3 is 0 Å². The van der Waals surface area contributed by atoms with Gasteiger partial charge in [0.05, 0.1) is 14.2 Å². The summed E-state index contributed by atoms with van der Waals surface area (Å²) in [7, 11) is 0. The highest BCUT2D eigenvalue weighted by Crippen LogP contribution is 2.25. The van der Waals surface area contributed by atoms with E-state index >= 15 is 0 Å². The molecule has 0 N–H and O–H groups in total. The van der Waals surface area contributed by atoms with Crippen LogP contribution >= 0.6 is 34.5 Å². The Morgan fingerprint density at radius 2 is 2.07 bits per heavy atom. The Balaban J connectivity index is 2.41. The second kappa shape index (κ2) is 4.31. The van der Waals surface area contributed by atoms with E-state index in [1.54, 1.807) is 18.2 Å². The van der Waals surface area contributed by atoms with Crippen LogP contribution < -0.4 is 0 Å². The van der Waals surface area contributed by atoms with Crippen molar-refractivity contribution in [2.24, 2.45) is 0 Å². The summed E-state index contributed by atoms with van der Waals surface area (Å²) >= 11 is 12.9. The molecule has 2 rings (SSSR count). The average molecular weight is 258 g/mol. The Bertz CT molecular complexity index is 510. The monoisotopic (exact) mass is 257 g/mol. The standard InChI is InChI=1S/C10H5Cl2NOS/c11-7-5-13-4-3-6(7)10(14)8-1-2-9(12)15-8/h1-5H. The summed E-state index contributed by atoms with van der Waals surface area (Å²) in [5.74, 6) is -0.126. The quantitative estimate of drug-likeness (QED) is 0.769. The molecule has 0 spiro atoms. The van der Waals surface area contributed by atoms with Gasteiger partial charge in [0.25, 0.3) is 0 Å². The molecule has 0 aliphatic heterocycles. The molecular weight excluding hydrogens is 253 g/mol. The summed E-state index contributed by atoms with van der Waals surface area (Å²) in [4.78, 5) is 16.3. The van der Waals surface area contributed by atoms with Crippen molar-refractivity contribution >= 4 is 40.3 Å². The largest absolute Gasteiger partial charge is 0.288 e. The highest BCUT2D eigenvalue weighted by Gasteiger charge is 2.14. The lowest BCUT2D eigenvalue weighted by Gasteiger charge is -1.99. The van der Waals surface area contributed by atoms with Gasteiger partial charge in [0.15, 0.2) is 0 Å². The summed E-state index contributed by atoms with van der Waals surface area (Å²) in [6, 6.07) is 4.97. The number of carbonyl (C=O) groups excluding carboxylic acids is 1. The predicted octanol–water partition coefficient (Wildman–Crippen LogP) is 3.68. The topological polar surface area (TPSA) is 30.0 Å². The molecule has 0 saturated carbocycles. The van der Waals surface area contributed by atoms with Crippen LogP contribution in [0.15, 0.2) is 30.6 Å². The molecule has 2 aromatic rings. The maximum Gasteiger partial charge on any atom is 0.204 e. The second-order valence-corrected chi connectivity index (χ2v) is 4.91. The normalized spacial score (nSPS) is 10.3. The Morgan fingerprint density at radius 3 is 2.67 bits per heavy atom. The molecule has 5 heteroatoms. The van der Waals surface area contributed by atoms with Crippen molar-refractivity contribution in [1.29, 1.82) is 0 Å². The van der Waals surface area contributed by atoms with E-state index in [2.05, 4.69) is 4.98 Å². The number of nitrogens with zero attached hydrogens (tertiary/aromatic N) is 1. The van der Waals surface area contributed by atoms with E-state index in [1.807, 2.05) is 0 Å². The minimum absolute atomic E-state index is 0.126. The number of halogens is 2. The van der Waals surface area contributed by atoms with Crippen molar-refractivity contribution in [3.8, 4) is 0 Å². The summed E-state index contributed by atoms with van der Waals surface area (Å²) in [5.41, 5.74) is 0.449. The van der Waals surface area contributed by atoms with E-state index in [0.717, 1.165) is 0 Å². The van der Waals surface area contributed by atoms with E-state index in [9.17, 15) is 4.79 Å². The molecule has 2 nitrogen and oxygen atoms in total. The van der Waals surface area contributed by atoms with Crippen molar-refractivity contribution in [3.63, 3.8) is 0 Å². The Labute approximate surface area is 100 Å². The number of hydrogen-bond donors (Lipinski definition) is 0. The summed E-state index contributed by atoms with van der Waals surface area (Å²) < 4.78 is 0.587. The predicted molar refractivity (Wildman–Crippen MR) is 62.0 cm³/mol. The fraction of sp³-hybridized carbons (Fsp3) is 0. The van der Waals surface area contributed by atoms with Crippen LogP contribution in [0.3, 0.4) is 0 Å². The van der Waals surface area contributed by atoms with Gasteiger partial charge in [-0.25, -0.2) is 0 Å². The zero-order valence-electron chi connectivity index (χ0n) is 7.41. The lowest BCUT2D eigenvalue weighted by atomic mass is 10.1. The first-order chi connectivity index (χ1) is 7.18. The molecule has 2 aromatic heterocycles. The summed E-state index contributed by atoms with van der Waals surface area (Å²) in [5, 5.41) is 0.354. The Morgan fingerprint density at radius 1 is 1.27 bits per heavy atom. The lowest BCUT2D eigenvalue weighted by molar-refractivity contribution is 0.104. The number of pyridine rings is 1. The van der Waals surface area contributed by atoms with Gasteiger partial charge in [-0.1, -0.05) is 23.2 Å². The van der Waals surface area contributed by atoms with E-state index in [4.69, 9.17) is 23.2 Å². The minimum atomic E-state index is -0.126. The van der Waals surface area contributed by atoms with Gasteiger partial charge in [0.1, 0.15) is 0 Å². The molecular formula is C10H5Cl2NOS. The van der Waals surface area contributed by atoms with Gasteiger partial charge in [-0.05, 0) is 18.2 Å². The fourth-order valence-corrected chi connectivity index (χ4v) is 2.33. The SMILES string of the molecule is O=C(c1ccc(Cl)s1)c1ccncc1Cl. The highest BCUT2D eigenvalue weighted by atomic mass is 35.5. The van der Waals surface area contributed by atoms with Crippen LogP contribution in [0.5, 0.6) is 0 Å². The Hall–Kier alpha value is -0.900. The fourth-order valence-electron chi connectivity index (χ4n) is 1.13. The molecule has 0 radical (unpaired) electrons. The number of hydrogen-bond acceptors (Lipinski definition) is 3. The number of ketones is 1. The van der Waals surface area contributed by atoms with Crippen LogP contribution in [0.25, 0.3) is 0 Å². The van der Waals surface area contributed by atoms with Gasteiger partial charge in [0.2, 0.25) is 5.78 Å². The second-order valence-electron chi connectivity index (χ2n) is 2.79. The molecule has 0 atom stereocenters. The first-order valence-corrected chi connectivity index (χ1v) is 5.65. The van der Waals surface area contributed by atoms with E-state index < -0.39 is 0 Å². The molecule has 0 fully saturated rings. The molecule has 15 heavy (non-hydrogen) atoms. The third-order valence-corrected chi connectivity index (χ3v) is 3.35. The zero-order chi connectivity index (χ0) is 10.8. The minimum Gasteiger partial charge on any atom is -0.288 e. The van der Waals surface area contributed by atoms with Crippen molar-refractivity contribution in [3.05, 3.63) is 50.4 Å². The maximum absolute atomic E-state index is 11.9. The van der Waals surface area contributed by atoms with Crippen LogP contribution in [-0.4, -0.2) is 10.8 Å². The Kier molecular flexibility index (Phi) is 3.05. The third kappa shape index (κ3) is 2.20. The van der Waals surface area contributed by atoms with Gasteiger partial charge in [-0.15, -0.1) is 11.3 Å². The van der Waals surface area contributed by atoms with Crippen LogP contribution in [0.4, 0.5) is 0 Å². The number of thiophene rings is 1. The highest BCUT2D eigenvalue weighted by molar-refractivity contribution is 7.18. The van der Waals surface area contributed by atoms with Gasteiger partial charge in [-0.3, -0.25) is 9.78 Å². The van der Waals surface area contributed by atoms with Gasteiger partial charge in [-0.2, -0.15) is 0 Å². The lowest BCUT2D eigenvalue weighted by Crippen LogP contribution is -1.99. The zero-order valence-corrected chi connectivity index (χ0v) is 9.73. The molecule has 0 bridgehead atoms. The molecule has 0 saturated heterocycles. The third-order valence-electron chi connectivity index (χ3n) is 1.81. The van der Waals surface area contributed by atoms with E-state index in [1.165, 1.54) is 23.7 Å². The number of aromatic nitrogens is 1. The molecule has 0 aromatic carbocycles. The van der Waals surface area contributed by atoms with Crippen LogP contribution in [-0.2, 0) is 0 Å². The smallest absolute Gasteiger partial charge is 0.204 e. The molecule has 0 unspecified atom stereocenters. The van der Waals surface area contributed by atoms with Crippen LogP contribution in [0.1, 0.15) is 15.2 Å². The average Bonchev–Trinajstić information content (AvgIpc) is 2.65. The van der Waals surface area contributed by atoms with Gasteiger partial charge < -0.3 is 0 Å². The molecule has 0 amide bonds. The number of carbonyl (C=O) groups is 1. The number of rotatable bonds is 2. The maximum atomic E-state index is 11.9. The van der Waals surface area contributed by atoms with Crippen LogP contribution in [0, 0.1) is 0 Å². The molecule has 0 aliphatic rings. The first kappa shape index (κ1) is 10.6. The van der Waals surface area contributed by atoms with E-state index in [-0.39, 0.29) is 5.78 Å². The molecule has 0 aliphatic carbocycles. The van der Waals surface area contributed by atoms with Crippen molar-refractivity contribution < 1.29 is 4.79 Å². The molecule has 76 valence electrons. The van der Waals surface area contributed by atoms with Crippen LogP contribution in [0.2, 0.25) is 9.36 Å². The van der Waals surface area contributed by atoms with Gasteiger partial charge in [0, 0.05) is 18.0 Å². The van der Waals surface area contributed by atoms with Crippen molar-refractivity contribution in [2.75, 3.05) is 0 Å². The van der Waals surface area contributed by atoms with Crippen molar-refractivity contribution in [2.45, 2.75) is 0 Å². The summed E-state index contributed by atoms with van der Waals surface area (Å²) in [6.07, 6.45) is 2.98. The van der Waals surface area contributed by atoms with E-state index in [0.29, 0.717) is 19.8 Å². The summed E-state index contributed by atoms with van der Waals surface area (Å²) in [6.45, 7) is 0. The molecule has 2 heterocycles. The first-order valence-electron chi connectivity index (χ1n) is 4.08.